The predicted molar refractivity (Wildman–Crippen MR) is 111 cm³/mol. The average molecular weight is 390 g/mol. The smallest absolute Gasteiger partial charge is 0.163 e. The summed E-state index contributed by atoms with van der Waals surface area (Å²) in [5.41, 5.74) is 4.74. The number of allylic oxidation sites excluding steroid dienone is 1. The van der Waals surface area contributed by atoms with E-state index < -0.39 is 0 Å². The van der Waals surface area contributed by atoms with E-state index in [0.29, 0.717) is 6.42 Å². The molecule has 5 heteroatoms. The first-order valence-electron chi connectivity index (χ1n) is 9.37. The van der Waals surface area contributed by atoms with Crippen molar-refractivity contribution < 1.29 is 9.18 Å². The minimum atomic E-state index is -0.255. The third kappa shape index (κ3) is 3.02. The highest BCUT2D eigenvalue weighted by molar-refractivity contribution is 7.10. The van der Waals surface area contributed by atoms with Crippen LogP contribution in [0.3, 0.4) is 0 Å². The van der Waals surface area contributed by atoms with Crippen LogP contribution in [0.2, 0.25) is 0 Å². The molecule has 140 valence electrons. The number of fused-ring (bicyclic) bond motifs is 1. The summed E-state index contributed by atoms with van der Waals surface area (Å²) in [5.74, 6) is -0.0651. The van der Waals surface area contributed by atoms with Crippen molar-refractivity contribution in [2.75, 3.05) is 10.6 Å². The fourth-order valence-corrected chi connectivity index (χ4v) is 4.92. The lowest BCUT2D eigenvalue weighted by molar-refractivity contribution is -0.116. The average Bonchev–Trinajstić information content (AvgIpc) is 3.17. The number of anilines is 2. The highest BCUT2D eigenvalue weighted by atomic mass is 32.1. The van der Waals surface area contributed by atoms with Crippen LogP contribution in [0.5, 0.6) is 0 Å². The van der Waals surface area contributed by atoms with E-state index in [2.05, 4.69) is 16.7 Å². The highest BCUT2D eigenvalue weighted by Crippen LogP contribution is 2.44. The van der Waals surface area contributed by atoms with Crippen LogP contribution in [-0.4, -0.2) is 5.78 Å². The first-order chi connectivity index (χ1) is 13.7. The third-order valence-electron chi connectivity index (χ3n) is 5.48. The van der Waals surface area contributed by atoms with Crippen LogP contribution in [0.1, 0.15) is 35.2 Å². The van der Waals surface area contributed by atoms with Crippen molar-refractivity contribution in [2.45, 2.75) is 24.8 Å². The first kappa shape index (κ1) is 17.2. The lowest BCUT2D eigenvalue weighted by atomic mass is 9.79. The van der Waals surface area contributed by atoms with Crippen LogP contribution >= 0.6 is 11.3 Å². The van der Waals surface area contributed by atoms with Crippen LogP contribution < -0.4 is 10.6 Å². The van der Waals surface area contributed by atoms with Gasteiger partial charge in [0.15, 0.2) is 5.78 Å². The number of para-hydroxylation sites is 2. The SMILES string of the molecule is O=C1C[C@@H](c2ccc(F)cc2)CC2=C1[C@H](c1cccs1)Nc1ccccc1N2. The maximum Gasteiger partial charge on any atom is 0.163 e. The summed E-state index contributed by atoms with van der Waals surface area (Å²) in [6, 6.07) is 18.5. The molecule has 3 aromatic rings. The van der Waals surface area contributed by atoms with Crippen molar-refractivity contribution in [3.8, 4) is 0 Å². The van der Waals surface area contributed by atoms with Crippen molar-refractivity contribution >= 4 is 28.5 Å². The lowest BCUT2D eigenvalue weighted by Crippen LogP contribution is -2.26. The van der Waals surface area contributed by atoms with Crippen molar-refractivity contribution in [2.24, 2.45) is 0 Å². The fourth-order valence-electron chi connectivity index (χ4n) is 4.13. The Morgan fingerprint density at radius 2 is 1.71 bits per heavy atom. The summed E-state index contributed by atoms with van der Waals surface area (Å²) in [7, 11) is 0. The Hall–Kier alpha value is -2.92. The van der Waals surface area contributed by atoms with Gasteiger partial charge in [-0.1, -0.05) is 30.3 Å². The van der Waals surface area contributed by atoms with Gasteiger partial charge in [-0.2, -0.15) is 0 Å². The zero-order valence-corrected chi connectivity index (χ0v) is 15.9. The standard InChI is InChI=1S/C23H19FN2OS/c24-16-9-7-14(8-10-16)15-12-19-22(20(27)13-15)23(21-6-3-11-28-21)26-18-5-2-1-4-17(18)25-19/h1-11,15,23,25-26H,12-13H2/t15-,23-/m0/s1. The molecule has 0 fully saturated rings. The normalized spacial score (nSPS) is 21.2. The van der Waals surface area contributed by atoms with Crippen molar-refractivity contribution in [1.82, 2.24) is 0 Å². The van der Waals surface area contributed by atoms with Crippen LogP contribution in [0.4, 0.5) is 15.8 Å². The summed E-state index contributed by atoms with van der Waals surface area (Å²) in [4.78, 5) is 14.4. The van der Waals surface area contributed by atoms with E-state index in [9.17, 15) is 9.18 Å². The van der Waals surface area contributed by atoms with E-state index in [-0.39, 0.29) is 23.6 Å². The van der Waals surface area contributed by atoms with Gasteiger partial charge in [0.2, 0.25) is 0 Å². The van der Waals surface area contributed by atoms with Crippen LogP contribution in [0.25, 0.3) is 0 Å². The van der Waals surface area contributed by atoms with Crippen molar-refractivity contribution in [1.29, 1.82) is 0 Å². The molecule has 2 aliphatic rings. The number of nitrogens with one attached hydrogen (secondary N) is 2. The van der Waals surface area contributed by atoms with Gasteiger partial charge in [-0.05, 0) is 53.6 Å². The van der Waals surface area contributed by atoms with Crippen molar-refractivity contribution in [3.63, 3.8) is 0 Å². The minimum Gasteiger partial charge on any atom is -0.372 e. The van der Waals surface area contributed by atoms with Crippen LogP contribution in [-0.2, 0) is 4.79 Å². The van der Waals surface area contributed by atoms with Crippen LogP contribution in [0.15, 0.2) is 77.3 Å². The molecule has 0 unspecified atom stereocenters. The van der Waals surface area contributed by atoms with Gasteiger partial charge in [-0.15, -0.1) is 11.3 Å². The molecule has 0 amide bonds. The highest BCUT2D eigenvalue weighted by Gasteiger charge is 2.36. The third-order valence-corrected chi connectivity index (χ3v) is 6.42. The Morgan fingerprint density at radius 3 is 2.46 bits per heavy atom. The number of carbonyl (C=O) groups is 1. The predicted octanol–water partition coefficient (Wildman–Crippen LogP) is 5.87. The second-order valence-corrected chi connectivity index (χ2v) is 8.21. The minimum absolute atomic E-state index is 0.0496. The Labute approximate surface area is 166 Å². The topological polar surface area (TPSA) is 41.1 Å². The van der Waals surface area contributed by atoms with Gasteiger partial charge in [0.05, 0.1) is 17.4 Å². The molecule has 5 rings (SSSR count). The molecule has 0 radical (unpaired) electrons. The lowest BCUT2D eigenvalue weighted by Gasteiger charge is -2.29. The van der Waals surface area contributed by atoms with Crippen LogP contribution in [0, 0.1) is 5.82 Å². The molecule has 2 heterocycles. The maximum atomic E-state index is 13.3. The molecule has 0 saturated heterocycles. The molecule has 1 aliphatic carbocycles. The van der Waals surface area contributed by atoms with Crippen molar-refractivity contribution in [3.05, 3.63) is 93.6 Å². The fraction of sp³-hybridized carbons (Fsp3) is 0.174. The number of hydrogen-bond acceptors (Lipinski definition) is 4. The van der Waals surface area contributed by atoms with Gasteiger partial charge in [0, 0.05) is 22.6 Å². The number of thiophene rings is 1. The van der Waals surface area contributed by atoms with E-state index in [1.807, 2.05) is 35.7 Å². The molecule has 3 nitrogen and oxygen atoms in total. The number of carbonyl (C=O) groups excluding carboxylic acids is 1. The maximum absolute atomic E-state index is 13.3. The quantitative estimate of drug-likeness (QED) is 0.575. The zero-order valence-electron chi connectivity index (χ0n) is 15.1. The van der Waals surface area contributed by atoms with Gasteiger partial charge >= 0.3 is 0 Å². The van der Waals surface area contributed by atoms with E-state index in [1.165, 1.54) is 12.1 Å². The van der Waals surface area contributed by atoms with Gasteiger partial charge in [0.25, 0.3) is 0 Å². The molecule has 2 atom stereocenters. The molecule has 1 aromatic heterocycles. The van der Waals surface area contributed by atoms with Gasteiger partial charge < -0.3 is 10.6 Å². The molecule has 0 spiro atoms. The van der Waals surface area contributed by atoms with Gasteiger partial charge in [-0.3, -0.25) is 4.79 Å². The summed E-state index contributed by atoms with van der Waals surface area (Å²) < 4.78 is 13.3. The summed E-state index contributed by atoms with van der Waals surface area (Å²) in [6.07, 6.45) is 1.16. The first-order valence-corrected chi connectivity index (χ1v) is 10.2. The largest absolute Gasteiger partial charge is 0.372 e. The number of Topliss-reactive ketones (excluding diaryl/α,β-unsaturated/α-hetero) is 1. The number of rotatable bonds is 2. The zero-order chi connectivity index (χ0) is 19.1. The monoisotopic (exact) mass is 390 g/mol. The van der Waals surface area contributed by atoms with E-state index >= 15 is 0 Å². The molecule has 2 aromatic carbocycles. The van der Waals surface area contributed by atoms with E-state index in [1.54, 1.807) is 23.5 Å². The van der Waals surface area contributed by atoms with E-state index in [4.69, 9.17) is 0 Å². The number of halogens is 1. The molecular formula is C23H19FN2OS. The van der Waals surface area contributed by atoms with Gasteiger partial charge in [0.1, 0.15) is 5.82 Å². The molecule has 1 aliphatic heterocycles. The Balaban J connectivity index is 1.59. The molecule has 0 saturated carbocycles. The molecular weight excluding hydrogens is 371 g/mol. The van der Waals surface area contributed by atoms with E-state index in [0.717, 1.165) is 39.5 Å². The molecule has 28 heavy (non-hydrogen) atoms. The second-order valence-electron chi connectivity index (χ2n) is 7.24. The summed E-state index contributed by atoms with van der Waals surface area (Å²) in [6.45, 7) is 0. The Bertz CT molecular complexity index is 1060. The summed E-state index contributed by atoms with van der Waals surface area (Å²) in [5, 5.41) is 9.13. The number of ketones is 1. The number of hydrogen-bond donors (Lipinski definition) is 2. The van der Waals surface area contributed by atoms with Gasteiger partial charge in [-0.25, -0.2) is 4.39 Å². The second kappa shape index (κ2) is 6.91. The summed E-state index contributed by atoms with van der Waals surface area (Å²) >= 11 is 1.65. The number of benzene rings is 2. The Kier molecular flexibility index (Phi) is 4.24. The molecule has 2 N–H and O–H groups in total. The Morgan fingerprint density at radius 1 is 0.929 bits per heavy atom. The molecule has 0 bridgehead atoms.